The fourth-order valence-corrected chi connectivity index (χ4v) is 1.53. The van der Waals surface area contributed by atoms with Gasteiger partial charge in [-0.05, 0) is 0 Å². The van der Waals surface area contributed by atoms with Crippen molar-refractivity contribution in [2.24, 2.45) is 7.05 Å². The van der Waals surface area contributed by atoms with E-state index in [1.807, 2.05) is 0 Å². The highest BCUT2D eigenvalue weighted by Crippen LogP contribution is 2.19. The average Bonchev–Trinajstić information content (AvgIpc) is 2.71. The molecule has 0 fully saturated rings. The molecule has 17 heavy (non-hydrogen) atoms. The summed E-state index contributed by atoms with van der Waals surface area (Å²) in [6.07, 6.45) is 6.75. The Labute approximate surface area is 98.3 Å². The van der Waals surface area contributed by atoms with Crippen LogP contribution in [0.2, 0.25) is 0 Å². The molecule has 0 bridgehead atoms. The van der Waals surface area contributed by atoms with Crippen molar-refractivity contribution in [3.8, 4) is 11.4 Å². The van der Waals surface area contributed by atoms with Crippen LogP contribution in [-0.2, 0) is 23.0 Å². The Hall–Kier alpha value is -2.24. The molecule has 2 aromatic rings. The van der Waals surface area contributed by atoms with Gasteiger partial charge in [0.25, 0.3) is 0 Å². The molecule has 6 heteroatoms. The predicted octanol–water partition coefficient (Wildman–Crippen LogP) is 0.593. The fraction of sp³-hybridized carbons (Fsp3) is 0.273. The number of aromatic nitrogens is 4. The van der Waals surface area contributed by atoms with Crippen molar-refractivity contribution in [1.29, 1.82) is 0 Å². The number of aryl methyl sites for hydroxylation is 1. The zero-order valence-corrected chi connectivity index (χ0v) is 9.62. The van der Waals surface area contributed by atoms with Crippen LogP contribution in [0.25, 0.3) is 11.4 Å². The number of esters is 1. The highest BCUT2D eigenvalue weighted by atomic mass is 16.5. The molecular formula is C11H12N4O2. The standard InChI is InChI=1S/C11H12N4O2/c1-15-7-8(5-10(16)17-2)11(14-15)9-6-12-3-4-13-9/h3-4,6-7H,5H2,1-2H3. The van der Waals surface area contributed by atoms with Gasteiger partial charge in [-0.15, -0.1) is 0 Å². The highest BCUT2D eigenvalue weighted by Gasteiger charge is 2.14. The molecule has 0 aliphatic rings. The molecule has 0 amide bonds. The molecule has 0 aliphatic carbocycles. The van der Waals surface area contributed by atoms with E-state index in [1.54, 1.807) is 36.5 Å². The highest BCUT2D eigenvalue weighted by molar-refractivity contribution is 5.75. The number of hydrogen-bond donors (Lipinski definition) is 0. The summed E-state index contributed by atoms with van der Waals surface area (Å²) in [7, 11) is 3.15. The first-order valence-corrected chi connectivity index (χ1v) is 5.06. The molecule has 0 atom stereocenters. The van der Waals surface area contributed by atoms with Gasteiger partial charge >= 0.3 is 5.97 Å². The summed E-state index contributed by atoms with van der Waals surface area (Å²) in [5.41, 5.74) is 2.08. The third-order valence-electron chi connectivity index (χ3n) is 2.27. The summed E-state index contributed by atoms with van der Waals surface area (Å²) in [4.78, 5) is 19.4. The van der Waals surface area contributed by atoms with Gasteiger partial charge in [-0.3, -0.25) is 19.4 Å². The third-order valence-corrected chi connectivity index (χ3v) is 2.27. The van der Waals surface area contributed by atoms with Gasteiger partial charge in [-0.2, -0.15) is 5.10 Å². The maximum Gasteiger partial charge on any atom is 0.310 e. The van der Waals surface area contributed by atoms with Gasteiger partial charge in [0.15, 0.2) is 0 Å². The van der Waals surface area contributed by atoms with Crippen LogP contribution in [0.4, 0.5) is 0 Å². The van der Waals surface area contributed by atoms with E-state index in [1.165, 1.54) is 7.11 Å². The number of carbonyl (C=O) groups is 1. The Balaban J connectivity index is 2.37. The third kappa shape index (κ3) is 2.47. The topological polar surface area (TPSA) is 69.9 Å². The Morgan fingerprint density at radius 3 is 2.94 bits per heavy atom. The molecule has 0 aromatic carbocycles. The van der Waals surface area contributed by atoms with Crippen LogP contribution >= 0.6 is 0 Å². The first-order valence-electron chi connectivity index (χ1n) is 5.06. The van der Waals surface area contributed by atoms with Crippen molar-refractivity contribution in [2.75, 3.05) is 7.11 Å². The number of hydrogen-bond acceptors (Lipinski definition) is 5. The summed E-state index contributed by atoms with van der Waals surface area (Å²) in [5.74, 6) is -0.303. The summed E-state index contributed by atoms with van der Waals surface area (Å²) in [5, 5.41) is 4.27. The van der Waals surface area contributed by atoms with Crippen molar-refractivity contribution >= 4 is 5.97 Å². The number of carbonyl (C=O) groups excluding carboxylic acids is 1. The molecule has 2 heterocycles. The normalized spacial score (nSPS) is 10.2. The van der Waals surface area contributed by atoms with Crippen LogP contribution < -0.4 is 0 Å². The van der Waals surface area contributed by atoms with Crippen molar-refractivity contribution in [3.63, 3.8) is 0 Å². The molecule has 0 saturated carbocycles. The van der Waals surface area contributed by atoms with Crippen molar-refractivity contribution in [2.45, 2.75) is 6.42 Å². The maximum atomic E-state index is 11.3. The van der Waals surface area contributed by atoms with Crippen molar-refractivity contribution in [3.05, 3.63) is 30.4 Å². The lowest BCUT2D eigenvalue weighted by Gasteiger charge is -1.99. The lowest BCUT2D eigenvalue weighted by Crippen LogP contribution is -2.04. The van der Waals surface area contributed by atoms with E-state index in [0.717, 1.165) is 5.56 Å². The minimum atomic E-state index is -0.303. The minimum absolute atomic E-state index is 0.177. The van der Waals surface area contributed by atoms with E-state index in [0.29, 0.717) is 11.4 Å². The lowest BCUT2D eigenvalue weighted by molar-refractivity contribution is -0.139. The van der Waals surface area contributed by atoms with E-state index >= 15 is 0 Å². The van der Waals surface area contributed by atoms with Gasteiger partial charge < -0.3 is 4.74 Å². The molecule has 2 rings (SSSR count). The predicted molar refractivity (Wildman–Crippen MR) is 60.0 cm³/mol. The summed E-state index contributed by atoms with van der Waals surface area (Å²) in [6.45, 7) is 0. The van der Waals surface area contributed by atoms with Gasteiger partial charge in [-0.25, -0.2) is 0 Å². The summed E-state index contributed by atoms with van der Waals surface area (Å²) >= 11 is 0. The van der Waals surface area contributed by atoms with Crippen LogP contribution in [0.5, 0.6) is 0 Å². The number of ether oxygens (including phenoxy) is 1. The fourth-order valence-electron chi connectivity index (χ4n) is 1.53. The Morgan fingerprint density at radius 1 is 1.47 bits per heavy atom. The monoisotopic (exact) mass is 232 g/mol. The number of methoxy groups -OCH3 is 1. The zero-order valence-electron chi connectivity index (χ0n) is 9.62. The summed E-state index contributed by atoms with van der Waals surface area (Å²) < 4.78 is 6.28. The molecule has 0 spiro atoms. The summed E-state index contributed by atoms with van der Waals surface area (Å²) in [6, 6.07) is 0. The molecule has 88 valence electrons. The van der Waals surface area contributed by atoms with Crippen LogP contribution in [0, 0.1) is 0 Å². The number of rotatable bonds is 3. The molecule has 0 N–H and O–H groups in total. The lowest BCUT2D eigenvalue weighted by atomic mass is 10.1. The second-order valence-electron chi connectivity index (χ2n) is 3.52. The Kier molecular flexibility index (Phi) is 3.13. The molecule has 0 aliphatic heterocycles. The van der Waals surface area contributed by atoms with Gasteiger partial charge in [0, 0.05) is 31.2 Å². The molecule has 0 unspecified atom stereocenters. The van der Waals surface area contributed by atoms with Crippen molar-refractivity contribution in [1.82, 2.24) is 19.7 Å². The maximum absolute atomic E-state index is 11.3. The minimum Gasteiger partial charge on any atom is -0.469 e. The first kappa shape index (κ1) is 11.3. The second-order valence-corrected chi connectivity index (χ2v) is 3.52. The smallest absolute Gasteiger partial charge is 0.310 e. The molecule has 0 radical (unpaired) electrons. The van der Waals surface area contributed by atoms with E-state index in [2.05, 4.69) is 19.8 Å². The van der Waals surface area contributed by atoms with Crippen LogP contribution in [-0.4, -0.2) is 32.8 Å². The quantitative estimate of drug-likeness (QED) is 0.724. The Bertz CT molecular complexity index is 522. The molecular weight excluding hydrogens is 220 g/mol. The zero-order chi connectivity index (χ0) is 12.3. The molecule has 6 nitrogen and oxygen atoms in total. The van der Waals surface area contributed by atoms with Gasteiger partial charge in [0.05, 0.1) is 19.7 Å². The Morgan fingerprint density at radius 2 is 2.29 bits per heavy atom. The SMILES string of the molecule is COC(=O)Cc1cn(C)nc1-c1cnccn1. The van der Waals surface area contributed by atoms with Crippen molar-refractivity contribution < 1.29 is 9.53 Å². The largest absolute Gasteiger partial charge is 0.469 e. The van der Waals surface area contributed by atoms with E-state index in [-0.39, 0.29) is 12.4 Å². The van der Waals surface area contributed by atoms with E-state index in [4.69, 9.17) is 0 Å². The van der Waals surface area contributed by atoms with Gasteiger partial charge in [0.2, 0.25) is 0 Å². The number of nitrogens with zero attached hydrogens (tertiary/aromatic N) is 4. The van der Waals surface area contributed by atoms with Gasteiger partial charge in [-0.1, -0.05) is 0 Å². The molecule has 0 saturated heterocycles. The van der Waals surface area contributed by atoms with Gasteiger partial charge in [0.1, 0.15) is 11.4 Å². The first-order chi connectivity index (χ1) is 8.20. The van der Waals surface area contributed by atoms with Crippen LogP contribution in [0.3, 0.4) is 0 Å². The van der Waals surface area contributed by atoms with Crippen LogP contribution in [0.1, 0.15) is 5.56 Å². The van der Waals surface area contributed by atoms with E-state index < -0.39 is 0 Å². The van der Waals surface area contributed by atoms with Crippen LogP contribution in [0.15, 0.2) is 24.8 Å². The van der Waals surface area contributed by atoms with E-state index in [9.17, 15) is 4.79 Å². The average molecular weight is 232 g/mol. The second kappa shape index (κ2) is 4.73. The molecule has 2 aromatic heterocycles.